The van der Waals surface area contributed by atoms with Crippen LogP contribution >= 0.6 is 0 Å². The van der Waals surface area contributed by atoms with E-state index in [0.717, 1.165) is 24.2 Å². The van der Waals surface area contributed by atoms with E-state index in [0.29, 0.717) is 18.8 Å². The highest BCUT2D eigenvalue weighted by molar-refractivity contribution is 5.76. The van der Waals surface area contributed by atoms with E-state index in [2.05, 4.69) is 0 Å². The summed E-state index contributed by atoms with van der Waals surface area (Å²) in [6.45, 7) is 0.272. The van der Waals surface area contributed by atoms with Gasteiger partial charge in [-0.15, -0.1) is 0 Å². The van der Waals surface area contributed by atoms with E-state index in [1.807, 2.05) is 0 Å². The Morgan fingerprint density at radius 3 is 2.32 bits per heavy atom. The van der Waals surface area contributed by atoms with Crippen molar-refractivity contribution in [3.8, 4) is 0 Å². The Morgan fingerprint density at radius 2 is 1.68 bits per heavy atom. The van der Waals surface area contributed by atoms with Gasteiger partial charge in [0, 0.05) is 13.0 Å². The highest BCUT2D eigenvalue weighted by atomic mass is 19.4. The average Bonchev–Trinajstić information content (AvgIpc) is 2.88. The molecule has 0 aromatic heterocycles. The van der Waals surface area contributed by atoms with Crippen molar-refractivity contribution in [2.24, 2.45) is 5.92 Å². The van der Waals surface area contributed by atoms with Crippen LogP contribution in [0.1, 0.15) is 57.8 Å². The van der Waals surface area contributed by atoms with Crippen molar-refractivity contribution >= 4 is 5.91 Å². The molecule has 0 bridgehead atoms. The molecule has 0 N–H and O–H groups in total. The minimum atomic E-state index is -4.27. The van der Waals surface area contributed by atoms with Crippen molar-refractivity contribution in [2.75, 3.05) is 6.54 Å². The third kappa shape index (κ3) is 3.86. The first kappa shape index (κ1) is 14.7. The molecule has 0 aromatic carbocycles. The molecule has 1 saturated carbocycles. The van der Waals surface area contributed by atoms with Crippen LogP contribution in [0.15, 0.2) is 0 Å². The minimum Gasteiger partial charge on any atom is -0.331 e. The maximum Gasteiger partial charge on any atom is 0.408 e. The molecule has 0 spiro atoms. The molecule has 1 aliphatic carbocycles. The summed E-state index contributed by atoms with van der Waals surface area (Å²) < 4.78 is 38.7. The van der Waals surface area contributed by atoms with Gasteiger partial charge in [0.15, 0.2) is 0 Å². The van der Waals surface area contributed by atoms with Gasteiger partial charge in [-0.3, -0.25) is 4.79 Å². The Hall–Kier alpha value is -0.740. The lowest BCUT2D eigenvalue weighted by Gasteiger charge is -2.37. The largest absolute Gasteiger partial charge is 0.408 e. The van der Waals surface area contributed by atoms with Crippen molar-refractivity contribution in [1.82, 2.24) is 4.90 Å². The topological polar surface area (TPSA) is 20.3 Å². The average molecular weight is 277 g/mol. The number of alkyl halides is 3. The molecule has 1 atom stereocenters. The SMILES string of the molecule is O=C(CCC1CCCC1)N1CCCC[C@@H]1C(F)(F)F. The summed E-state index contributed by atoms with van der Waals surface area (Å²) in [5.74, 6) is 0.256. The van der Waals surface area contributed by atoms with Crippen molar-refractivity contribution in [3.05, 3.63) is 0 Å². The molecule has 0 radical (unpaired) electrons. The van der Waals surface area contributed by atoms with Crippen molar-refractivity contribution in [3.63, 3.8) is 0 Å². The van der Waals surface area contributed by atoms with E-state index < -0.39 is 12.2 Å². The fourth-order valence-electron chi connectivity index (χ4n) is 3.34. The van der Waals surface area contributed by atoms with Crippen LogP contribution in [-0.4, -0.2) is 29.6 Å². The van der Waals surface area contributed by atoms with Gasteiger partial charge in [0.05, 0.1) is 0 Å². The first-order valence-corrected chi connectivity index (χ1v) is 7.34. The molecule has 1 aliphatic heterocycles. The normalized spacial score (nSPS) is 25.8. The van der Waals surface area contributed by atoms with Gasteiger partial charge < -0.3 is 4.90 Å². The molecule has 2 aliphatic rings. The van der Waals surface area contributed by atoms with Crippen LogP contribution in [0.4, 0.5) is 13.2 Å². The second-order valence-corrected chi connectivity index (χ2v) is 5.83. The van der Waals surface area contributed by atoms with E-state index in [4.69, 9.17) is 0 Å². The van der Waals surface area contributed by atoms with Gasteiger partial charge in [-0.25, -0.2) is 0 Å². The lowest BCUT2D eigenvalue weighted by Crippen LogP contribution is -2.51. The maximum atomic E-state index is 12.9. The molecule has 1 heterocycles. The zero-order chi connectivity index (χ0) is 13.9. The lowest BCUT2D eigenvalue weighted by molar-refractivity contribution is -0.196. The van der Waals surface area contributed by atoms with Gasteiger partial charge in [0.25, 0.3) is 0 Å². The smallest absolute Gasteiger partial charge is 0.331 e. The quantitative estimate of drug-likeness (QED) is 0.766. The Balaban J connectivity index is 1.87. The van der Waals surface area contributed by atoms with Crippen LogP contribution in [0.5, 0.6) is 0 Å². The summed E-state index contributed by atoms with van der Waals surface area (Å²) in [5.41, 5.74) is 0. The van der Waals surface area contributed by atoms with Gasteiger partial charge in [0.2, 0.25) is 5.91 Å². The summed E-state index contributed by atoms with van der Waals surface area (Å²) in [5, 5.41) is 0. The number of amides is 1. The molecule has 110 valence electrons. The molecular formula is C14H22F3NO. The van der Waals surface area contributed by atoms with Crippen molar-refractivity contribution in [2.45, 2.75) is 70.0 Å². The minimum absolute atomic E-state index is 0.0681. The predicted molar refractivity (Wildman–Crippen MR) is 66.6 cm³/mol. The molecule has 0 unspecified atom stereocenters. The van der Waals surface area contributed by atoms with Gasteiger partial charge in [-0.2, -0.15) is 13.2 Å². The summed E-state index contributed by atoms with van der Waals surface area (Å²) >= 11 is 0. The van der Waals surface area contributed by atoms with E-state index in [1.165, 1.54) is 12.8 Å². The predicted octanol–water partition coefficient (Wildman–Crippen LogP) is 3.90. The third-order valence-corrected chi connectivity index (χ3v) is 4.44. The van der Waals surface area contributed by atoms with Crippen LogP contribution in [-0.2, 0) is 4.79 Å². The summed E-state index contributed by atoms with van der Waals surface area (Å²) in [7, 11) is 0. The van der Waals surface area contributed by atoms with E-state index in [-0.39, 0.29) is 25.3 Å². The molecule has 2 rings (SSSR count). The number of hydrogen-bond donors (Lipinski definition) is 0. The zero-order valence-electron chi connectivity index (χ0n) is 11.2. The first-order chi connectivity index (χ1) is 8.98. The van der Waals surface area contributed by atoms with E-state index >= 15 is 0 Å². The standard InChI is InChI=1S/C14H22F3NO/c15-14(16,17)12-7-3-4-10-18(12)13(19)9-8-11-5-1-2-6-11/h11-12H,1-10H2/t12-/m1/s1. The number of carbonyl (C=O) groups is 1. The van der Waals surface area contributed by atoms with Crippen LogP contribution in [0.25, 0.3) is 0 Å². The summed E-state index contributed by atoms with van der Waals surface area (Å²) in [4.78, 5) is 13.1. The second-order valence-electron chi connectivity index (χ2n) is 5.83. The molecule has 2 nitrogen and oxygen atoms in total. The van der Waals surface area contributed by atoms with Crippen LogP contribution in [0.3, 0.4) is 0 Å². The van der Waals surface area contributed by atoms with Crippen LogP contribution in [0, 0.1) is 5.92 Å². The van der Waals surface area contributed by atoms with Crippen molar-refractivity contribution < 1.29 is 18.0 Å². The molecule has 2 fully saturated rings. The van der Waals surface area contributed by atoms with Crippen LogP contribution < -0.4 is 0 Å². The Bertz CT molecular complexity index is 310. The lowest BCUT2D eigenvalue weighted by atomic mass is 9.98. The number of rotatable bonds is 3. The van der Waals surface area contributed by atoms with Gasteiger partial charge in [-0.05, 0) is 31.6 Å². The number of nitrogens with zero attached hydrogens (tertiary/aromatic N) is 1. The van der Waals surface area contributed by atoms with E-state index in [1.54, 1.807) is 0 Å². The van der Waals surface area contributed by atoms with E-state index in [9.17, 15) is 18.0 Å². The maximum absolute atomic E-state index is 12.9. The first-order valence-electron chi connectivity index (χ1n) is 7.34. The van der Waals surface area contributed by atoms with Crippen molar-refractivity contribution in [1.29, 1.82) is 0 Å². The number of carbonyl (C=O) groups excluding carboxylic acids is 1. The van der Waals surface area contributed by atoms with Gasteiger partial charge >= 0.3 is 6.18 Å². The molecular weight excluding hydrogens is 255 g/mol. The summed E-state index contributed by atoms with van der Waals surface area (Å²) in [6, 6.07) is -1.54. The molecule has 5 heteroatoms. The van der Waals surface area contributed by atoms with Gasteiger partial charge in [0.1, 0.15) is 6.04 Å². The fraction of sp³-hybridized carbons (Fsp3) is 0.929. The van der Waals surface area contributed by atoms with Crippen LogP contribution in [0.2, 0.25) is 0 Å². The van der Waals surface area contributed by atoms with Gasteiger partial charge in [-0.1, -0.05) is 25.7 Å². The highest BCUT2D eigenvalue weighted by Crippen LogP contribution is 2.33. The number of piperidine rings is 1. The third-order valence-electron chi connectivity index (χ3n) is 4.44. The molecule has 1 saturated heterocycles. The Labute approximate surface area is 112 Å². The number of halogens is 3. The zero-order valence-corrected chi connectivity index (χ0v) is 11.2. The number of hydrogen-bond acceptors (Lipinski definition) is 1. The fourth-order valence-corrected chi connectivity index (χ4v) is 3.34. The Kier molecular flexibility index (Phi) is 4.74. The Morgan fingerprint density at radius 1 is 1.05 bits per heavy atom. The molecule has 0 aromatic rings. The monoisotopic (exact) mass is 277 g/mol. The summed E-state index contributed by atoms with van der Waals surface area (Å²) in [6.07, 6.45) is 2.78. The molecule has 1 amide bonds. The second kappa shape index (κ2) is 6.14. The number of likely N-dealkylation sites (tertiary alicyclic amines) is 1. The molecule has 19 heavy (non-hydrogen) atoms. The highest BCUT2D eigenvalue weighted by Gasteiger charge is 2.46.